The molecule has 84 valence electrons. The second-order valence-electron chi connectivity index (χ2n) is 3.29. The Morgan fingerprint density at radius 1 is 1.53 bits per heavy atom. The van der Waals surface area contributed by atoms with Gasteiger partial charge in [-0.25, -0.2) is 9.97 Å². The fraction of sp³-hybridized carbons (Fsp3) is 0.600. The van der Waals surface area contributed by atoms with Crippen LogP contribution in [0.25, 0.3) is 0 Å². The fourth-order valence-electron chi connectivity index (χ4n) is 1.13. The Labute approximate surface area is 95.0 Å². The Bertz CT molecular complexity index is 320. The molecule has 1 aromatic rings. The molecule has 1 rings (SSSR count). The molecule has 1 atom stereocenters. The van der Waals surface area contributed by atoms with Crippen LogP contribution in [0.2, 0.25) is 0 Å². The summed E-state index contributed by atoms with van der Waals surface area (Å²) in [4.78, 5) is 8.20. The molecule has 15 heavy (non-hydrogen) atoms. The van der Waals surface area contributed by atoms with Crippen LogP contribution in [0.5, 0.6) is 5.88 Å². The predicted octanol–water partition coefficient (Wildman–Crippen LogP) is 2.22. The molecule has 1 unspecified atom stereocenters. The number of aromatic nitrogens is 2. The molecule has 0 amide bonds. The second kappa shape index (κ2) is 5.75. The van der Waals surface area contributed by atoms with E-state index in [0.29, 0.717) is 18.4 Å². The molecule has 0 saturated carbocycles. The smallest absolute Gasteiger partial charge is 0.221 e. The fourth-order valence-corrected chi connectivity index (χ4v) is 1.21. The van der Waals surface area contributed by atoms with Gasteiger partial charge in [-0.1, -0.05) is 0 Å². The molecule has 0 aliphatic carbocycles. The van der Waals surface area contributed by atoms with Crippen LogP contribution in [0, 0.1) is 6.92 Å². The van der Waals surface area contributed by atoms with E-state index in [2.05, 4.69) is 15.3 Å². The van der Waals surface area contributed by atoms with E-state index in [1.54, 1.807) is 0 Å². The van der Waals surface area contributed by atoms with Crippen molar-refractivity contribution >= 4 is 17.4 Å². The van der Waals surface area contributed by atoms with Gasteiger partial charge < -0.3 is 10.1 Å². The lowest BCUT2D eigenvalue weighted by molar-refractivity contribution is 0.324. The highest BCUT2D eigenvalue weighted by atomic mass is 35.5. The van der Waals surface area contributed by atoms with Gasteiger partial charge in [0.2, 0.25) is 5.88 Å². The first kappa shape index (κ1) is 12.0. The number of rotatable bonds is 5. The van der Waals surface area contributed by atoms with Crippen LogP contribution < -0.4 is 10.1 Å². The molecule has 1 heterocycles. The van der Waals surface area contributed by atoms with Crippen LogP contribution >= 0.6 is 11.6 Å². The molecule has 4 nitrogen and oxygen atoms in total. The largest absolute Gasteiger partial charge is 0.478 e. The van der Waals surface area contributed by atoms with Gasteiger partial charge in [0.05, 0.1) is 12.2 Å². The average molecular weight is 230 g/mol. The molecule has 0 fully saturated rings. The summed E-state index contributed by atoms with van der Waals surface area (Å²) in [6.07, 6.45) is 1.49. The molecule has 5 heteroatoms. The van der Waals surface area contributed by atoms with E-state index >= 15 is 0 Å². The third kappa shape index (κ3) is 3.23. The Morgan fingerprint density at radius 2 is 2.27 bits per heavy atom. The van der Waals surface area contributed by atoms with Gasteiger partial charge >= 0.3 is 0 Å². The zero-order valence-electron chi connectivity index (χ0n) is 9.25. The number of alkyl halides is 1. The summed E-state index contributed by atoms with van der Waals surface area (Å²) in [6.45, 7) is 6.45. The monoisotopic (exact) mass is 229 g/mol. The average Bonchev–Trinajstić information content (AvgIpc) is 2.24. The first-order valence-corrected chi connectivity index (χ1v) is 5.49. The lowest BCUT2D eigenvalue weighted by atomic mass is 10.3. The Morgan fingerprint density at radius 3 is 2.87 bits per heavy atom. The zero-order valence-corrected chi connectivity index (χ0v) is 10.0. The van der Waals surface area contributed by atoms with Crippen molar-refractivity contribution in [2.75, 3.05) is 17.8 Å². The minimum Gasteiger partial charge on any atom is -0.478 e. The normalized spacial score (nSPS) is 12.3. The minimum absolute atomic E-state index is 0.176. The Hall–Kier alpha value is -1.03. The van der Waals surface area contributed by atoms with Gasteiger partial charge in [0.15, 0.2) is 0 Å². The molecule has 0 spiro atoms. The number of ether oxygens (including phenoxy) is 1. The van der Waals surface area contributed by atoms with Crippen molar-refractivity contribution in [1.29, 1.82) is 0 Å². The SMILES string of the molecule is CCOc1ncnc(NC(C)CCl)c1C. The van der Waals surface area contributed by atoms with Gasteiger partial charge in [-0.15, -0.1) is 11.6 Å². The van der Waals surface area contributed by atoms with Gasteiger partial charge in [-0.3, -0.25) is 0 Å². The number of nitrogens with zero attached hydrogens (tertiary/aromatic N) is 2. The molecule has 0 bridgehead atoms. The van der Waals surface area contributed by atoms with E-state index in [1.807, 2.05) is 20.8 Å². The Kier molecular flexibility index (Phi) is 4.62. The third-order valence-electron chi connectivity index (χ3n) is 1.93. The summed E-state index contributed by atoms with van der Waals surface area (Å²) >= 11 is 5.72. The van der Waals surface area contributed by atoms with Gasteiger partial charge in [-0.2, -0.15) is 0 Å². The maximum absolute atomic E-state index is 5.72. The number of halogens is 1. The minimum atomic E-state index is 0.176. The summed E-state index contributed by atoms with van der Waals surface area (Å²) in [5.74, 6) is 1.94. The molecule has 0 radical (unpaired) electrons. The molecule has 1 aromatic heterocycles. The van der Waals surface area contributed by atoms with Crippen molar-refractivity contribution < 1.29 is 4.74 Å². The summed E-state index contributed by atoms with van der Waals surface area (Å²) in [7, 11) is 0. The Balaban J connectivity index is 2.84. The molecular formula is C10H16ClN3O. The van der Waals surface area contributed by atoms with Gasteiger partial charge in [0, 0.05) is 11.9 Å². The molecule has 0 saturated heterocycles. The quantitative estimate of drug-likeness (QED) is 0.787. The third-order valence-corrected chi connectivity index (χ3v) is 2.40. The van der Waals surface area contributed by atoms with Crippen LogP contribution in [-0.4, -0.2) is 28.5 Å². The lowest BCUT2D eigenvalue weighted by Crippen LogP contribution is -2.18. The number of hydrogen-bond donors (Lipinski definition) is 1. The summed E-state index contributed by atoms with van der Waals surface area (Å²) in [5.41, 5.74) is 0.913. The van der Waals surface area contributed by atoms with Crippen molar-refractivity contribution in [1.82, 2.24) is 9.97 Å². The first-order valence-electron chi connectivity index (χ1n) is 4.96. The summed E-state index contributed by atoms with van der Waals surface area (Å²) < 4.78 is 5.37. The highest BCUT2D eigenvalue weighted by Gasteiger charge is 2.09. The van der Waals surface area contributed by atoms with Crippen molar-refractivity contribution in [3.63, 3.8) is 0 Å². The second-order valence-corrected chi connectivity index (χ2v) is 3.59. The van der Waals surface area contributed by atoms with Crippen LogP contribution in [-0.2, 0) is 0 Å². The summed E-state index contributed by atoms with van der Waals surface area (Å²) in [5, 5.41) is 3.20. The van der Waals surface area contributed by atoms with Gasteiger partial charge in [0.25, 0.3) is 0 Å². The zero-order chi connectivity index (χ0) is 11.3. The maximum Gasteiger partial charge on any atom is 0.221 e. The highest BCUT2D eigenvalue weighted by Crippen LogP contribution is 2.20. The van der Waals surface area contributed by atoms with E-state index in [4.69, 9.17) is 16.3 Å². The molecule has 0 aliphatic rings. The van der Waals surface area contributed by atoms with Crippen LogP contribution in [0.15, 0.2) is 6.33 Å². The van der Waals surface area contributed by atoms with Crippen LogP contribution in [0.3, 0.4) is 0 Å². The van der Waals surface area contributed by atoms with Crippen molar-refractivity contribution in [2.45, 2.75) is 26.8 Å². The molecule has 0 aromatic carbocycles. The molecular weight excluding hydrogens is 214 g/mol. The van der Waals surface area contributed by atoms with E-state index in [1.165, 1.54) is 6.33 Å². The van der Waals surface area contributed by atoms with Gasteiger partial charge in [0.1, 0.15) is 12.1 Å². The van der Waals surface area contributed by atoms with Crippen molar-refractivity contribution in [3.05, 3.63) is 11.9 Å². The predicted molar refractivity (Wildman–Crippen MR) is 61.7 cm³/mol. The highest BCUT2D eigenvalue weighted by molar-refractivity contribution is 6.18. The van der Waals surface area contributed by atoms with Crippen LogP contribution in [0.1, 0.15) is 19.4 Å². The topological polar surface area (TPSA) is 47.0 Å². The number of hydrogen-bond acceptors (Lipinski definition) is 4. The van der Waals surface area contributed by atoms with E-state index in [0.717, 1.165) is 11.4 Å². The summed E-state index contributed by atoms with van der Waals surface area (Å²) in [6, 6.07) is 0.176. The van der Waals surface area contributed by atoms with Crippen molar-refractivity contribution in [3.8, 4) is 5.88 Å². The molecule has 1 N–H and O–H groups in total. The van der Waals surface area contributed by atoms with E-state index in [9.17, 15) is 0 Å². The maximum atomic E-state index is 5.72. The first-order chi connectivity index (χ1) is 7.19. The van der Waals surface area contributed by atoms with Crippen molar-refractivity contribution in [2.24, 2.45) is 0 Å². The van der Waals surface area contributed by atoms with E-state index in [-0.39, 0.29) is 6.04 Å². The number of nitrogens with one attached hydrogen (secondary N) is 1. The lowest BCUT2D eigenvalue weighted by Gasteiger charge is -2.14. The van der Waals surface area contributed by atoms with E-state index < -0.39 is 0 Å². The standard InChI is InChI=1S/C10H16ClN3O/c1-4-15-10-8(3)9(12-6-13-10)14-7(2)5-11/h6-7H,4-5H2,1-3H3,(H,12,13,14). The molecule has 0 aliphatic heterocycles. The number of anilines is 1. The van der Waals surface area contributed by atoms with Crippen LogP contribution in [0.4, 0.5) is 5.82 Å². The van der Waals surface area contributed by atoms with Gasteiger partial charge in [-0.05, 0) is 20.8 Å².